The van der Waals surface area contributed by atoms with Crippen molar-refractivity contribution < 1.29 is 13.2 Å². The van der Waals surface area contributed by atoms with Crippen molar-refractivity contribution in [2.45, 2.75) is 6.18 Å². The standard InChI is InChI=1S/C6H3F3N4/c7-6(8,9)4-1-2-13-5(3-4)10-11-12-13/h1-3H. The van der Waals surface area contributed by atoms with Gasteiger partial charge in [0.2, 0.25) is 0 Å². The lowest BCUT2D eigenvalue weighted by atomic mass is 10.2. The maximum atomic E-state index is 12.1. The monoisotopic (exact) mass is 188 g/mol. The van der Waals surface area contributed by atoms with Gasteiger partial charge in [-0.25, -0.2) is 4.52 Å². The molecule has 0 spiro atoms. The topological polar surface area (TPSA) is 43.1 Å². The lowest BCUT2D eigenvalue weighted by molar-refractivity contribution is -0.137. The van der Waals surface area contributed by atoms with Gasteiger partial charge in [-0.1, -0.05) is 0 Å². The van der Waals surface area contributed by atoms with Crippen molar-refractivity contribution in [2.24, 2.45) is 0 Å². The van der Waals surface area contributed by atoms with Gasteiger partial charge in [0.15, 0.2) is 5.65 Å². The first-order valence-electron chi connectivity index (χ1n) is 3.32. The van der Waals surface area contributed by atoms with Gasteiger partial charge in [-0.05, 0) is 22.6 Å². The fraction of sp³-hybridized carbons (Fsp3) is 0.167. The molecule has 0 unspecified atom stereocenters. The number of nitrogens with zero attached hydrogens (tertiary/aromatic N) is 4. The Morgan fingerprint density at radius 3 is 2.77 bits per heavy atom. The predicted octanol–water partition coefficient (Wildman–Crippen LogP) is 1.14. The van der Waals surface area contributed by atoms with Gasteiger partial charge in [-0.3, -0.25) is 0 Å². The number of alkyl halides is 3. The van der Waals surface area contributed by atoms with Gasteiger partial charge in [0.05, 0.1) is 5.56 Å². The summed E-state index contributed by atoms with van der Waals surface area (Å²) in [6.45, 7) is 0. The van der Waals surface area contributed by atoms with Crippen LogP contribution in [0.4, 0.5) is 13.2 Å². The summed E-state index contributed by atoms with van der Waals surface area (Å²) in [6, 6.07) is 1.81. The average Bonchev–Trinajstić information content (AvgIpc) is 2.47. The highest BCUT2D eigenvalue weighted by Gasteiger charge is 2.30. The fourth-order valence-electron chi connectivity index (χ4n) is 0.916. The molecule has 0 aliphatic carbocycles. The van der Waals surface area contributed by atoms with E-state index in [0.717, 1.165) is 22.8 Å². The summed E-state index contributed by atoms with van der Waals surface area (Å²) in [5, 5.41) is 10.0. The molecule has 0 atom stereocenters. The van der Waals surface area contributed by atoms with Crippen molar-refractivity contribution in [3.63, 3.8) is 0 Å². The Morgan fingerprint density at radius 2 is 2.08 bits per heavy atom. The fourth-order valence-corrected chi connectivity index (χ4v) is 0.916. The average molecular weight is 188 g/mol. The molecular weight excluding hydrogens is 185 g/mol. The molecule has 4 nitrogen and oxygen atoms in total. The lowest BCUT2D eigenvalue weighted by Gasteiger charge is -2.04. The Labute approximate surface area is 70.0 Å². The number of hydrogen-bond acceptors (Lipinski definition) is 3. The van der Waals surface area contributed by atoms with E-state index in [-0.39, 0.29) is 5.65 Å². The number of rotatable bonds is 0. The van der Waals surface area contributed by atoms with E-state index in [0.29, 0.717) is 0 Å². The molecule has 68 valence electrons. The second-order valence-electron chi connectivity index (χ2n) is 2.39. The smallest absolute Gasteiger partial charge is 0.201 e. The SMILES string of the molecule is FC(F)(F)c1ccn2nnnc2c1. The molecule has 0 radical (unpaired) electrons. The minimum absolute atomic E-state index is 0.0785. The van der Waals surface area contributed by atoms with Crippen LogP contribution in [0.1, 0.15) is 5.56 Å². The molecule has 0 fully saturated rings. The number of halogens is 3. The Morgan fingerprint density at radius 1 is 1.31 bits per heavy atom. The third kappa shape index (κ3) is 1.32. The maximum absolute atomic E-state index is 12.1. The first-order valence-corrected chi connectivity index (χ1v) is 3.32. The molecule has 2 aromatic rings. The molecule has 0 aliphatic heterocycles. The number of aromatic nitrogens is 4. The molecule has 0 aliphatic rings. The number of fused-ring (bicyclic) bond motifs is 1. The maximum Gasteiger partial charge on any atom is 0.416 e. The molecule has 2 rings (SSSR count). The van der Waals surface area contributed by atoms with E-state index in [9.17, 15) is 13.2 Å². The summed E-state index contributed by atoms with van der Waals surface area (Å²) < 4.78 is 37.6. The van der Waals surface area contributed by atoms with Crippen LogP contribution in [0.5, 0.6) is 0 Å². The van der Waals surface area contributed by atoms with Gasteiger partial charge < -0.3 is 0 Å². The van der Waals surface area contributed by atoms with Gasteiger partial charge in [0.1, 0.15) is 0 Å². The summed E-state index contributed by atoms with van der Waals surface area (Å²) in [5.41, 5.74) is -0.676. The van der Waals surface area contributed by atoms with Crippen LogP contribution in [0, 0.1) is 0 Å². The first kappa shape index (κ1) is 7.96. The van der Waals surface area contributed by atoms with E-state index < -0.39 is 11.7 Å². The third-order valence-electron chi connectivity index (χ3n) is 1.53. The van der Waals surface area contributed by atoms with Crippen LogP contribution >= 0.6 is 0 Å². The van der Waals surface area contributed by atoms with E-state index in [1.807, 2.05) is 0 Å². The summed E-state index contributed by atoms with van der Waals surface area (Å²) in [6.07, 6.45) is -3.19. The molecule has 0 amide bonds. The van der Waals surface area contributed by atoms with E-state index in [1.54, 1.807) is 0 Å². The molecule has 0 bridgehead atoms. The third-order valence-corrected chi connectivity index (χ3v) is 1.53. The second-order valence-corrected chi connectivity index (χ2v) is 2.39. The van der Waals surface area contributed by atoms with Crippen molar-refractivity contribution in [1.82, 2.24) is 20.0 Å². The quantitative estimate of drug-likeness (QED) is 0.622. The molecule has 2 heterocycles. The number of tetrazole rings is 1. The lowest BCUT2D eigenvalue weighted by Crippen LogP contribution is -2.05. The van der Waals surface area contributed by atoms with E-state index in [4.69, 9.17) is 0 Å². The van der Waals surface area contributed by atoms with Crippen LogP contribution in [0.15, 0.2) is 18.3 Å². The van der Waals surface area contributed by atoms with Crippen LogP contribution in [0.2, 0.25) is 0 Å². The van der Waals surface area contributed by atoms with Crippen molar-refractivity contribution in [3.8, 4) is 0 Å². The molecule has 0 N–H and O–H groups in total. The minimum Gasteiger partial charge on any atom is -0.201 e. The zero-order valence-corrected chi connectivity index (χ0v) is 6.15. The van der Waals surface area contributed by atoms with Crippen molar-refractivity contribution in [3.05, 3.63) is 23.9 Å². The Balaban J connectivity index is 2.61. The van der Waals surface area contributed by atoms with Crippen molar-refractivity contribution in [2.75, 3.05) is 0 Å². The van der Waals surface area contributed by atoms with Crippen LogP contribution in [-0.2, 0) is 6.18 Å². The summed E-state index contributed by atoms with van der Waals surface area (Å²) in [7, 11) is 0. The van der Waals surface area contributed by atoms with Crippen LogP contribution in [0.25, 0.3) is 5.65 Å². The van der Waals surface area contributed by atoms with E-state index in [2.05, 4.69) is 15.5 Å². The highest BCUT2D eigenvalue weighted by molar-refractivity contribution is 5.39. The molecule has 0 aromatic carbocycles. The van der Waals surface area contributed by atoms with Crippen molar-refractivity contribution in [1.29, 1.82) is 0 Å². The van der Waals surface area contributed by atoms with Crippen molar-refractivity contribution >= 4 is 5.65 Å². The van der Waals surface area contributed by atoms with Gasteiger partial charge in [-0.2, -0.15) is 13.2 Å². The highest BCUT2D eigenvalue weighted by Crippen LogP contribution is 2.29. The summed E-state index contributed by atoms with van der Waals surface area (Å²) in [5.74, 6) is 0. The van der Waals surface area contributed by atoms with E-state index >= 15 is 0 Å². The van der Waals surface area contributed by atoms with Crippen LogP contribution < -0.4 is 0 Å². The van der Waals surface area contributed by atoms with Gasteiger partial charge in [0.25, 0.3) is 0 Å². The molecule has 0 saturated carbocycles. The second kappa shape index (κ2) is 2.41. The normalized spacial score (nSPS) is 12.2. The van der Waals surface area contributed by atoms with Crippen LogP contribution in [0.3, 0.4) is 0 Å². The van der Waals surface area contributed by atoms with Gasteiger partial charge >= 0.3 is 6.18 Å². The zero-order chi connectivity index (χ0) is 9.47. The minimum atomic E-state index is -4.35. The molecule has 7 heteroatoms. The number of hydrogen-bond donors (Lipinski definition) is 0. The van der Waals surface area contributed by atoms with Gasteiger partial charge in [-0.15, -0.1) is 5.10 Å². The summed E-state index contributed by atoms with van der Waals surface area (Å²) in [4.78, 5) is 0. The summed E-state index contributed by atoms with van der Waals surface area (Å²) >= 11 is 0. The first-order chi connectivity index (χ1) is 6.07. The molecule has 13 heavy (non-hydrogen) atoms. The number of pyridine rings is 1. The Kier molecular flexibility index (Phi) is 1.48. The highest BCUT2D eigenvalue weighted by atomic mass is 19.4. The molecule has 2 aromatic heterocycles. The predicted molar refractivity (Wildman–Crippen MR) is 35.8 cm³/mol. The van der Waals surface area contributed by atoms with E-state index in [1.165, 1.54) is 0 Å². The Hall–Kier alpha value is -1.66. The van der Waals surface area contributed by atoms with Crippen LogP contribution in [-0.4, -0.2) is 20.0 Å². The zero-order valence-electron chi connectivity index (χ0n) is 6.15. The largest absolute Gasteiger partial charge is 0.416 e. The van der Waals surface area contributed by atoms with Gasteiger partial charge in [0, 0.05) is 6.20 Å². The Bertz CT molecular complexity index is 433. The molecule has 0 saturated heterocycles. The molecular formula is C6H3F3N4.